The number of amides is 1. The summed E-state index contributed by atoms with van der Waals surface area (Å²) in [6, 6.07) is 12.1. The minimum atomic E-state index is 0.105. The van der Waals surface area contributed by atoms with Crippen LogP contribution in [0.15, 0.2) is 48.8 Å². The predicted octanol–water partition coefficient (Wildman–Crippen LogP) is 4.61. The molecule has 4 rings (SSSR count). The first kappa shape index (κ1) is 18.0. The van der Waals surface area contributed by atoms with Crippen LogP contribution in [0, 0.1) is 0 Å². The first-order valence-corrected chi connectivity index (χ1v) is 10.5. The molecule has 4 nitrogen and oxygen atoms in total. The Morgan fingerprint density at radius 3 is 2.67 bits per heavy atom. The summed E-state index contributed by atoms with van der Waals surface area (Å²) in [5.41, 5.74) is 4.55. The maximum absolute atomic E-state index is 13.4. The number of fused-ring (bicyclic) bond motifs is 1. The fraction of sp³-hybridized carbons (Fsp3) is 0.318. The number of nitrogens with zero attached hydrogens (tertiary/aromatic N) is 3. The van der Waals surface area contributed by atoms with Gasteiger partial charge in [0.2, 0.25) is 0 Å². The number of rotatable bonds is 3. The molecule has 1 saturated heterocycles. The van der Waals surface area contributed by atoms with Crippen molar-refractivity contribution >= 4 is 28.6 Å². The lowest BCUT2D eigenvalue weighted by Gasteiger charge is -2.27. The Balaban J connectivity index is 1.88. The number of carbonyl (C=O) groups is 1. The van der Waals surface area contributed by atoms with Crippen molar-refractivity contribution in [1.82, 2.24) is 14.9 Å². The number of aromatic nitrogens is 2. The summed E-state index contributed by atoms with van der Waals surface area (Å²) in [4.78, 5) is 24.3. The van der Waals surface area contributed by atoms with Crippen molar-refractivity contribution in [2.24, 2.45) is 0 Å². The van der Waals surface area contributed by atoms with E-state index in [0.29, 0.717) is 5.92 Å². The van der Waals surface area contributed by atoms with E-state index in [9.17, 15) is 4.79 Å². The molecule has 0 bridgehead atoms. The fourth-order valence-corrected chi connectivity index (χ4v) is 4.28. The summed E-state index contributed by atoms with van der Waals surface area (Å²) in [5.74, 6) is 2.51. The molecule has 2 aromatic heterocycles. The van der Waals surface area contributed by atoms with E-state index in [-0.39, 0.29) is 5.91 Å². The van der Waals surface area contributed by atoms with Gasteiger partial charge in [-0.05, 0) is 41.8 Å². The second kappa shape index (κ2) is 7.69. The molecule has 1 aliphatic rings. The normalized spacial score (nSPS) is 14.7. The monoisotopic (exact) mass is 377 g/mol. The summed E-state index contributed by atoms with van der Waals surface area (Å²) in [6.45, 7) is 5.95. The minimum absolute atomic E-state index is 0.105. The summed E-state index contributed by atoms with van der Waals surface area (Å²) in [5, 5.41) is 0.942. The standard InChI is InChI=1S/C22H23N3OS/c1-15(2)16-5-6-20-18(12-16)19(22(26)25-8-10-27-11-9-25)13-21(24-20)17-4-3-7-23-14-17/h3-7,12-15H,8-11H2,1-2H3. The van der Waals surface area contributed by atoms with Crippen LogP contribution in [0.5, 0.6) is 0 Å². The Kier molecular flexibility index (Phi) is 5.12. The highest BCUT2D eigenvalue weighted by molar-refractivity contribution is 7.99. The Hall–Kier alpha value is -2.40. The van der Waals surface area contributed by atoms with E-state index in [1.54, 1.807) is 12.4 Å². The maximum atomic E-state index is 13.4. The Labute approximate surface area is 164 Å². The molecule has 0 spiro atoms. The van der Waals surface area contributed by atoms with E-state index in [1.165, 1.54) is 5.56 Å². The third-order valence-corrected chi connectivity index (χ3v) is 5.93. The van der Waals surface area contributed by atoms with Gasteiger partial charge in [0.1, 0.15) is 0 Å². The van der Waals surface area contributed by atoms with Gasteiger partial charge in [0.15, 0.2) is 0 Å². The van der Waals surface area contributed by atoms with Gasteiger partial charge < -0.3 is 4.90 Å². The molecule has 0 N–H and O–H groups in total. The number of hydrogen-bond donors (Lipinski definition) is 0. The van der Waals surface area contributed by atoms with Gasteiger partial charge >= 0.3 is 0 Å². The molecule has 0 unspecified atom stereocenters. The first-order valence-electron chi connectivity index (χ1n) is 9.35. The second-order valence-corrected chi connectivity index (χ2v) is 8.36. The molecule has 0 aliphatic carbocycles. The fourth-order valence-electron chi connectivity index (χ4n) is 3.38. The Bertz CT molecular complexity index is 966. The number of hydrogen-bond acceptors (Lipinski definition) is 4. The Morgan fingerprint density at radius 2 is 1.96 bits per heavy atom. The predicted molar refractivity (Wildman–Crippen MR) is 112 cm³/mol. The quantitative estimate of drug-likeness (QED) is 0.669. The first-order chi connectivity index (χ1) is 13.1. The molecule has 3 aromatic rings. The van der Waals surface area contributed by atoms with Gasteiger partial charge in [-0.1, -0.05) is 19.9 Å². The van der Waals surface area contributed by atoms with Crippen molar-refractivity contribution in [3.05, 3.63) is 59.9 Å². The Morgan fingerprint density at radius 1 is 1.15 bits per heavy atom. The van der Waals surface area contributed by atoms with Crippen LogP contribution in [0.3, 0.4) is 0 Å². The van der Waals surface area contributed by atoms with Gasteiger partial charge in [-0.15, -0.1) is 0 Å². The lowest BCUT2D eigenvalue weighted by molar-refractivity contribution is 0.0774. The average Bonchev–Trinajstić information content (AvgIpc) is 2.73. The third-order valence-electron chi connectivity index (χ3n) is 4.99. The van der Waals surface area contributed by atoms with Crippen LogP contribution < -0.4 is 0 Å². The summed E-state index contributed by atoms with van der Waals surface area (Å²) >= 11 is 1.91. The number of benzene rings is 1. The molecule has 0 radical (unpaired) electrons. The van der Waals surface area contributed by atoms with Gasteiger partial charge in [0.05, 0.1) is 16.8 Å². The van der Waals surface area contributed by atoms with E-state index in [0.717, 1.165) is 52.3 Å². The highest BCUT2D eigenvalue weighted by atomic mass is 32.2. The zero-order chi connectivity index (χ0) is 18.8. The maximum Gasteiger partial charge on any atom is 0.254 e. The topological polar surface area (TPSA) is 46.1 Å². The highest BCUT2D eigenvalue weighted by Crippen LogP contribution is 2.29. The van der Waals surface area contributed by atoms with Crippen molar-refractivity contribution in [2.75, 3.05) is 24.6 Å². The molecule has 27 heavy (non-hydrogen) atoms. The lowest BCUT2D eigenvalue weighted by atomic mass is 9.97. The minimum Gasteiger partial charge on any atom is -0.337 e. The van der Waals surface area contributed by atoms with Gasteiger partial charge in [0, 0.05) is 47.9 Å². The van der Waals surface area contributed by atoms with Gasteiger partial charge in [0.25, 0.3) is 5.91 Å². The van der Waals surface area contributed by atoms with Crippen LogP contribution in [-0.4, -0.2) is 45.4 Å². The second-order valence-electron chi connectivity index (χ2n) is 7.13. The van der Waals surface area contributed by atoms with E-state index >= 15 is 0 Å². The van der Waals surface area contributed by atoms with Crippen molar-refractivity contribution in [3.8, 4) is 11.3 Å². The van der Waals surface area contributed by atoms with Crippen LogP contribution in [-0.2, 0) is 0 Å². The number of thioether (sulfide) groups is 1. The summed E-state index contributed by atoms with van der Waals surface area (Å²) < 4.78 is 0. The molecule has 138 valence electrons. The van der Waals surface area contributed by atoms with Crippen molar-refractivity contribution in [3.63, 3.8) is 0 Å². The van der Waals surface area contributed by atoms with E-state index in [2.05, 4.69) is 31.0 Å². The van der Waals surface area contributed by atoms with Gasteiger partial charge in [-0.3, -0.25) is 9.78 Å². The van der Waals surface area contributed by atoms with Gasteiger partial charge in [-0.2, -0.15) is 11.8 Å². The molecule has 3 heterocycles. The molecule has 1 aromatic carbocycles. The molecule has 1 fully saturated rings. The van der Waals surface area contributed by atoms with Crippen LogP contribution in [0.25, 0.3) is 22.2 Å². The van der Waals surface area contributed by atoms with Crippen LogP contribution in [0.1, 0.15) is 35.7 Å². The van der Waals surface area contributed by atoms with E-state index in [1.807, 2.05) is 40.9 Å². The molecule has 0 saturated carbocycles. The molecule has 5 heteroatoms. The molecule has 1 aliphatic heterocycles. The van der Waals surface area contributed by atoms with Crippen LogP contribution >= 0.6 is 11.8 Å². The largest absolute Gasteiger partial charge is 0.337 e. The van der Waals surface area contributed by atoms with Crippen molar-refractivity contribution in [2.45, 2.75) is 19.8 Å². The zero-order valence-corrected chi connectivity index (χ0v) is 16.5. The third kappa shape index (κ3) is 3.69. The van der Waals surface area contributed by atoms with E-state index < -0.39 is 0 Å². The smallest absolute Gasteiger partial charge is 0.254 e. The van der Waals surface area contributed by atoms with Gasteiger partial charge in [-0.25, -0.2) is 4.98 Å². The van der Waals surface area contributed by atoms with Crippen LogP contribution in [0.2, 0.25) is 0 Å². The van der Waals surface area contributed by atoms with E-state index in [4.69, 9.17) is 4.98 Å². The summed E-state index contributed by atoms with van der Waals surface area (Å²) in [6.07, 6.45) is 3.54. The number of pyridine rings is 2. The van der Waals surface area contributed by atoms with Crippen molar-refractivity contribution in [1.29, 1.82) is 0 Å². The molecule has 0 atom stereocenters. The summed E-state index contributed by atoms with van der Waals surface area (Å²) in [7, 11) is 0. The zero-order valence-electron chi connectivity index (χ0n) is 15.7. The molecular weight excluding hydrogens is 354 g/mol. The average molecular weight is 378 g/mol. The highest BCUT2D eigenvalue weighted by Gasteiger charge is 2.22. The SMILES string of the molecule is CC(C)c1ccc2nc(-c3cccnc3)cc(C(=O)N3CCSCC3)c2c1. The lowest BCUT2D eigenvalue weighted by Crippen LogP contribution is -2.38. The van der Waals surface area contributed by atoms with Crippen molar-refractivity contribution < 1.29 is 4.79 Å². The molecule has 1 amide bonds. The number of carbonyl (C=O) groups excluding carboxylic acids is 1. The molecular formula is C22H23N3OS. The van der Waals surface area contributed by atoms with Crippen LogP contribution in [0.4, 0.5) is 0 Å².